The maximum atomic E-state index is 12.4. The molecular formula is C16H24N4O2+2. The summed E-state index contributed by atoms with van der Waals surface area (Å²) in [4.78, 5) is 28.7. The molecule has 2 aliphatic heterocycles. The first-order valence-corrected chi connectivity index (χ1v) is 7.83. The minimum absolute atomic E-state index is 0.0405. The fraction of sp³-hybridized carbons (Fsp3) is 0.500. The minimum Gasteiger partial charge on any atom is -0.287 e. The van der Waals surface area contributed by atoms with Crippen molar-refractivity contribution >= 4 is 11.9 Å². The van der Waals surface area contributed by atoms with Gasteiger partial charge in [-0.05, 0) is 5.56 Å². The molecule has 1 unspecified atom stereocenters. The van der Waals surface area contributed by atoms with E-state index >= 15 is 0 Å². The van der Waals surface area contributed by atoms with Gasteiger partial charge in [0, 0.05) is 20.5 Å². The SMILES string of the molecule is CN1C(=O)[C@@H]2C[NH+](CCc3ccccc3)C[NH2+][C@@H]2N(C)C1=O. The lowest BCUT2D eigenvalue weighted by molar-refractivity contribution is -1.03. The molecule has 2 fully saturated rings. The molecule has 0 radical (unpaired) electrons. The quantitative estimate of drug-likeness (QED) is 0.686. The molecule has 2 aliphatic rings. The van der Waals surface area contributed by atoms with E-state index in [1.165, 1.54) is 15.4 Å². The molecule has 1 aromatic carbocycles. The summed E-state index contributed by atoms with van der Waals surface area (Å²) in [6, 6.07) is 10.2. The maximum Gasteiger partial charge on any atom is 0.330 e. The lowest BCUT2D eigenvalue weighted by atomic mass is 9.98. The number of urea groups is 1. The number of hydrogen-bond donors (Lipinski definition) is 2. The summed E-state index contributed by atoms with van der Waals surface area (Å²) in [7, 11) is 3.37. The molecule has 2 saturated heterocycles. The standard InChI is InChI=1S/C16H22N4O2/c1-18-14-13(15(21)19(2)16(18)22)10-20(11-17-14)9-8-12-6-4-3-5-7-12/h3-7,13-14,17H,8-11H2,1-2H3/p+2/t13-,14-/m1/s1. The molecule has 0 bridgehead atoms. The number of hydrogen-bond acceptors (Lipinski definition) is 2. The van der Waals surface area contributed by atoms with E-state index in [4.69, 9.17) is 0 Å². The van der Waals surface area contributed by atoms with Gasteiger partial charge in [-0.1, -0.05) is 30.3 Å². The molecular weight excluding hydrogens is 280 g/mol. The first-order chi connectivity index (χ1) is 10.6. The van der Waals surface area contributed by atoms with Crippen LogP contribution in [0.2, 0.25) is 0 Å². The van der Waals surface area contributed by atoms with E-state index in [-0.39, 0.29) is 24.0 Å². The topological polar surface area (TPSA) is 61.7 Å². The van der Waals surface area contributed by atoms with E-state index in [2.05, 4.69) is 29.6 Å². The van der Waals surface area contributed by atoms with Gasteiger partial charge in [-0.3, -0.25) is 24.8 Å². The Kier molecular flexibility index (Phi) is 4.13. The molecule has 0 spiro atoms. The third kappa shape index (κ3) is 2.71. The summed E-state index contributed by atoms with van der Waals surface area (Å²) in [6.45, 7) is 2.72. The molecule has 22 heavy (non-hydrogen) atoms. The van der Waals surface area contributed by atoms with Crippen molar-refractivity contribution in [2.75, 3.05) is 33.9 Å². The monoisotopic (exact) mass is 304 g/mol. The van der Waals surface area contributed by atoms with Crippen molar-refractivity contribution in [3.63, 3.8) is 0 Å². The molecule has 0 aliphatic carbocycles. The zero-order valence-corrected chi connectivity index (χ0v) is 13.2. The van der Waals surface area contributed by atoms with E-state index in [0.29, 0.717) is 0 Å². The maximum absolute atomic E-state index is 12.4. The molecule has 0 saturated carbocycles. The highest BCUT2D eigenvalue weighted by Crippen LogP contribution is 2.16. The van der Waals surface area contributed by atoms with Crippen molar-refractivity contribution in [2.45, 2.75) is 12.6 Å². The normalized spacial score (nSPS) is 28.7. The predicted octanol–water partition coefficient (Wildman–Crippen LogP) is -1.89. The lowest BCUT2D eigenvalue weighted by Crippen LogP contribution is -3.28. The zero-order chi connectivity index (χ0) is 15.7. The average Bonchev–Trinajstić information content (AvgIpc) is 2.57. The van der Waals surface area contributed by atoms with Crippen molar-refractivity contribution < 1.29 is 19.8 Å². The highest BCUT2D eigenvalue weighted by molar-refractivity contribution is 5.98. The number of fused-ring (bicyclic) bond motifs is 1. The summed E-state index contributed by atoms with van der Waals surface area (Å²) >= 11 is 0. The van der Waals surface area contributed by atoms with Gasteiger partial charge in [0.05, 0.1) is 6.54 Å². The first kappa shape index (κ1) is 15.0. The van der Waals surface area contributed by atoms with Crippen molar-refractivity contribution in [1.82, 2.24) is 9.80 Å². The molecule has 3 N–H and O–H groups in total. The second-order valence-electron chi connectivity index (χ2n) is 6.27. The second-order valence-corrected chi connectivity index (χ2v) is 6.27. The molecule has 118 valence electrons. The van der Waals surface area contributed by atoms with Gasteiger partial charge in [0.25, 0.3) is 0 Å². The molecule has 3 rings (SSSR count). The van der Waals surface area contributed by atoms with Crippen LogP contribution in [0.15, 0.2) is 30.3 Å². The summed E-state index contributed by atoms with van der Waals surface area (Å²) in [5, 5.41) is 2.14. The van der Waals surface area contributed by atoms with Gasteiger partial charge < -0.3 is 0 Å². The van der Waals surface area contributed by atoms with E-state index in [1.807, 2.05) is 6.07 Å². The number of imide groups is 1. The van der Waals surface area contributed by atoms with Crippen LogP contribution in [-0.4, -0.2) is 61.8 Å². The number of nitrogens with two attached hydrogens (primary N) is 1. The number of benzene rings is 1. The fourth-order valence-corrected chi connectivity index (χ4v) is 3.51. The minimum atomic E-state index is -0.199. The highest BCUT2D eigenvalue weighted by Gasteiger charge is 2.50. The molecule has 6 heteroatoms. The summed E-state index contributed by atoms with van der Waals surface area (Å²) in [6.07, 6.45) is 0.969. The van der Waals surface area contributed by atoms with E-state index in [9.17, 15) is 9.59 Å². The highest BCUT2D eigenvalue weighted by atomic mass is 16.2. The largest absolute Gasteiger partial charge is 0.330 e. The smallest absolute Gasteiger partial charge is 0.287 e. The molecule has 1 aromatic rings. The average molecular weight is 304 g/mol. The summed E-state index contributed by atoms with van der Waals surface area (Å²) in [5.41, 5.74) is 1.33. The summed E-state index contributed by atoms with van der Waals surface area (Å²) < 4.78 is 0. The van der Waals surface area contributed by atoms with Crippen LogP contribution < -0.4 is 10.2 Å². The Balaban J connectivity index is 1.63. The van der Waals surface area contributed by atoms with Crippen LogP contribution in [0.3, 0.4) is 0 Å². The lowest BCUT2D eigenvalue weighted by Gasteiger charge is -2.43. The van der Waals surface area contributed by atoms with E-state index in [1.54, 1.807) is 19.0 Å². The Hall–Kier alpha value is -1.92. The van der Waals surface area contributed by atoms with E-state index < -0.39 is 0 Å². The Bertz CT molecular complexity index is 563. The fourth-order valence-electron chi connectivity index (χ4n) is 3.51. The van der Waals surface area contributed by atoms with Gasteiger partial charge in [0.15, 0.2) is 12.1 Å². The van der Waals surface area contributed by atoms with Crippen LogP contribution in [0.1, 0.15) is 5.56 Å². The van der Waals surface area contributed by atoms with Crippen LogP contribution in [-0.2, 0) is 11.2 Å². The Labute approximate surface area is 130 Å². The van der Waals surface area contributed by atoms with Crippen LogP contribution in [0, 0.1) is 5.92 Å². The van der Waals surface area contributed by atoms with Gasteiger partial charge >= 0.3 is 6.03 Å². The van der Waals surface area contributed by atoms with Crippen LogP contribution >= 0.6 is 0 Å². The van der Waals surface area contributed by atoms with Gasteiger partial charge in [-0.25, -0.2) is 4.79 Å². The third-order valence-electron chi connectivity index (χ3n) is 4.86. The van der Waals surface area contributed by atoms with Crippen LogP contribution in [0.25, 0.3) is 0 Å². The van der Waals surface area contributed by atoms with Crippen molar-refractivity contribution in [2.24, 2.45) is 5.92 Å². The molecule has 3 atom stereocenters. The summed E-state index contributed by atoms with van der Waals surface area (Å²) in [5.74, 6) is -0.145. The number of carbonyl (C=O) groups is 2. The predicted molar refractivity (Wildman–Crippen MR) is 80.8 cm³/mol. The van der Waals surface area contributed by atoms with Crippen LogP contribution in [0.4, 0.5) is 4.79 Å². The molecule has 6 nitrogen and oxygen atoms in total. The molecule has 3 amide bonds. The Morgan fingerprint density at radius 3 is 2.68 bits per heavy atom. The van der Waals surface area contributed by atoms with E-state index in [0.717, 1.165) is 26.2 Å². The third-order valence-corrected chi connectivity index (χ3v) is 4.86. The van der Waals surface area contributed by atoms with Gasteiger partial charge in [0.1, 0.15) is 6.54 Å². The number of amides is 3. The first-order valence-electron chi connectivity index (χ1n) is 7.83. The van der Waals surface area contributed by atoms with Crippen molar-refractivity contribution in [1.29, 1.82) is 0 Å². The number of nitrogens with zero attached hydrogens (tertiary/aromatic N) is 2. The van der Waals surface area contributed by atoms with Crippen molar-refractivity contribution in [3.05, 3.63) is 35.9 Å². The number of carbonyl (C=O) groups excluding carboxylic acids is 2. The van der Waals surface area contributed by atoms with Gasteiger partial charge in [-0.2, -0.15) is 0 Å². The second kappa shape index (κ2) is 6.06. The zero-order valence-electron chi connectivity index (χ0n) is 13.2. The van der Waals surface area contributed by atoms with Gasteiger partial charge in [0.2, 0.25) is 12.6 Å². The molecule has 0 aromatic heterocycles. The van der Waals surface area contributed by atoms with Crippen LogP contribution in [0.5, 0.6) is 0 Å². The Morgan fingerprint density at radius 2 is 1.95 bits per heavy atom. The molecule has 2 heterocycles. The van der Waals surface area contributed by atoms with Crippen molar-refractivity contribution in [3.8, 4) is 0 Å². The number of nitrogens with one attached hydrogen (secondary N) is 1. The Morgan fingerprint density at radius 1 is 1.23 bits per heavy atom. The van der Waals surface area contributed by atoms with Gasteiger partial charge in [-0.15, -0.1) is 0 Å². The number of quaternary nitrogens is 2. The number of rotatable bonds is 3.